The van der Waals surface area contributed by atoms with Gasteiger partial charge in [-0.25, -0.2) is 14.6 Å². The second-order valence-electron chi connectivity index (χ2n) is 6.98. The molecule has 1 amide bonds. The Morgan fingerprint density at radius 3 is 2.74 bits per heavy atom. The average molecular weight is 336 g/mol. The minimum Gasteiger partial charge on any atom is -0.359 e. The molecule has 0 atom stereocenters. The molecular formula is C14H24N6O2Si. The highest BCUT2D eigenvalue weighted by molar-refractivity contribution is 6.76. The van der Waals surface area contributed by atoms with Crippen LogP contribution in [0.1, 0.15) is 13.8 Å². The lowest BCUT2D eigenvalue weighted by Crippen LogP contribution is -2.22. The first-order valence-corrected chi connectivity index (χ1v) is 11.4. The molecule has 0 aliphatic carbocycles. The molecule has 0 unspecified atom stereocenters. The van der Waals surface area contributed by atoms with Crippen molar-refractivity contribution >= 4 is 31.0 Å². The van der Waals surface area contributed by atoms with Crippen molar-refractivity contribution in [2.75, 3.05) is 11.9 Å². The standard InChI is InChI=1S/C14H24N6O2Si/c1-10(2)14(21)17-12-11-13(16-8-15-12)20(19-18-11)9-22-6-7-23(3,4)5/h8,10H,6-7,9H2,1-5H3,(H,15,16,17,21). The zero-order chi connectivity index (χ0) is 17.0. The molecule has 2 heterocycles. The quantitative estimate of drug-likeness (QED) is 0.615. The van der Waals surface area contributed by atoms with Gasteiger partial charge in [-0.05, 0) is 6.04 Å². The third kappa shape index (κ3) is 4.80. The van der Waals surface area contributed by atoms with Crippen molar-refractivity contribution in [2.24, 2.45) is 5.92 Å². The molecule has 2 rings (SSSR count). The third-order valence-corrected chi connectivity index (χ3v) is 4.98. The zero-order valence-electron chi connectivity index (χ0n) is 14.3. The topological polar surface area (TPSA) is 94.8 Å². The first kappa shape index (κ1) is 17.5. The summed E-state index contributed by atoms with van der Waals surface area (Å²) in [6.07, 6.45) is 1.39. The van der Waals surface area contributed by atoms with E-state index in [2.05, 4.69) is 45.2 Å². The number of carbonyl (C=O) groups is 1. The fourth-order valence-corrected chi connectivity index (χ4v) is 2.52. The van der Waals surface area contributed by atoms with Gasteiger partial charge in [-0.3, -0.25) is 4.79 Å². The van der Waals surface area contributed by atoms with Crippen LogP contribution in [0.4, 0.5) is 5.82 Å². The van der Waals surface area contributed by atoms with Gasteiger partial charge in [0.1, 0.15) is 13.1 Å². The van der Waals surface area contributed by atoms with E-state index in [4.69, 9.17) is 4.74 Å². The van der Waals surface area contributed by atoms with Crippen molar-refractivity contribution in [3.8, 4) is 0 Å². The molecule has 2 aromatic heterocycles. The number of anilines is 1. The van der Waals surface area contributed by atoms with Crippen LogP contribution >= 0.6 is 0 Å². The number of hydrogen-bond donors (Lipinski definition) is 1. The van der Waals surface area contributed by atoms with Gasteiger partial charge in [0.25, 0.3) is 0 Å². The maximum atomic E-state index is 11.8. The molecule has 0 saturated carbocycles. The predicted octanol–water partition coefficient (Wildman–Crippen LogP) is 2.13. The van der Waals surface area contributed by atoms with E-state index in [-0.39, 0.29) is 18.6 Å². The number of rotatable bonds is 7. The van der Waals surface area contributed by atoms with Gasteiger partial charge in [-0.2, -0.15) is 0 Å². The molecule has 8 nitrogen and oxygen atoms in total. The molecule has 2 aromatic rings. The van der Waals surface area contributed by atoms with Gasteiger partial charge in [0, 0.05) is 20.6 Å². The van der Waals surface area contributed by atoms with Gasteiger partial charge in [0.05, 0.1) is 0 Å². The van der Waals surface area contributed by atoms with Crippen LogP contribution < -0.4 is 5.32 Å². The van der Waals surface area contributed by atoms with Gasteiger partial charge in [-0.1, -0.05) is 38.7 Å². The Hall–Kier alpha value is -1.87. The molecule has 0 radical (unpaired) electrons. The molecule has 1 N–H and O–H groups in total. The molecule has 0 aliphatic rings. The fourth-order valence-electron chi connectivity index (χ4n) is 1.76. The minimum atomic E-state index is -1.11. The van der Waals surface area contributed by atoms with E-state index in [1.54, 1.807) is 4.68 Å². The zero-order valence-corrected chi connectivity index (χ0v) is 15.3. The van der Waals surface area contributed by atoms with E-state index in [0.29, 0.717) is 23.6 Å². The largest absolute Gasteiger partial charge is 0.359 e. The molecule has 23 heavy (non-hydrogen) atoms. The summed E-state index contributed by atoms with van der Waals surface area (Å²) in [5, 5.41) is 10.8. The summed E-state index contributed by atoms with van der Waals surface area (Å²) in [5.74, 6) is 0.118. The van der Waals surface area contributed by atoms with Crippen molar-refractivity contribution < 1.29 is 9.53 Å². The Bertz CT molecular complexity index is 679. The van der Waals surface area contributed by atoms with Crippen LogP contribution in [0.25, 0.3) is 11.2 Å². The van der Waals surface area contributed by atoms with E-state index in [9.17, 15) is 4.79 Å². The first-order valence-electron chi connectivity index (χ1n) is 7.71. The molecule has 0 aliphatic heterocycles. The summed E-state index contributed by atoms with van der Waals surface area (Å²) < 4.78 is 7.24. The first-order chi connectivity index (χ1) is 10.8. The third-order valence-electron chi connectivity index (χ3n) is 3.28. The lowest BCUT2D eigenvalue weighted by molar-refractivity contribution is -0.118. The average Bonchev–Trinajstić information content (AvgIpc) is 2.87. The van der Waals surface area contributed by atoms with Crippen LogP contribution in [0.5, 0.6) is 0 Å². The Kier molecular flexibility index (Phi) is 5.42. The number of fused-ring (bicyclic) bond motifs is 1. The SMILES string of the molecule is CC(C)C(=O)Nc1ncnc2c1nnn2COCC[Si](C)(C)C. The highest BCUT2D eigenvalue weighted by Gasteiger charge is 2.16. The number of amides is 1. The molecule has 0 fully saturated rings. The fraction of sp³-hybridized carbons (Fsp3) is 0.643. The van der Waals surface area contributed by atoms with Crippen LogP contribution in [0.2, 0.25) is 25.7 Å². The Morgan fingerprint density at radius 1 is 1.35 bits per heavy atom. The summed E-state index contributed by atoms with van der Waals surface area (Å²) in [5.41, 5.74) is 1.02. The highest BCUT2D eigenvalue weighted by Crippen LogP contribution is 2.17. The predicted molar refractivity (Wildman–Crippen MR) is 90.7 cm³/mol. The Morgan fingerprint density at radius 2 is 2.09 bits per heavy atom. The number of hydrogen-bond acceptors (Lipinski definition) is 6. The van der Waals surface area contributed by atoms with Gasteiger partial charge in [0.15, 0.2) is 17.0 Å². The summed E-state index contributed by atoms with van der Waals surface area (Å²) >= 11 is 0. The van der Waals surface area contributed by atoms with Gasteiger partial charge >= 0.3 is 0 Å². The van der Waals surface area contributed by atoms with E-state index in [1.807, 2.05) is 13.8 Å². The van der Waals surface area contributed by atoms with Gasteiger partial charge in [0.2, 0.25) is 5.91 Å². The van der Waals surface area contributed by atoms with Crippen molar-refractivity contribution in [3.05, 3.63) is 6.33 Å². The van der Waals surface area contributed by atoms with E-state index < -0.39 is 8.07 Å². The van der Waals surface area contributed by atoms with Crippen LogP contribution in [0.15, 0.2) is 6.33 Å². The lowest BCUT2D eigenvalue weighted by atomic mass is 10.2. The number of nitrogens with zero attached hydrogens (tertiary/aromatic N) is 5. The molecule has 9 heteroatoms. The van der Waals surface area contributed by atoms with Crippen molar-refractivity contribution in [3.63, 3.8) is 0 Å². The number of ether oxygens (including phenoxy) is 1. The summed E-state index contributed by atoms with van der Waals surface area (Å²) in [4.78, 5) is 20.1. The molecule has 0 bridgehead atoms. The van der Waals surface area contributed by atoms with Crippen molar-refractivity contribution in [1.82, 2.24) is 25.0 Å². The smallest absolute Gasteiger partial charge is 0.228 e. The summed E-state index contributed by atoms with van der Waals surface area (Å²) in [6.45, 7) is 11.5. The van der Waals surface area contributed by atoms with Crippen LogP contribution in [-0.2, 0) is 16.3 Å². The van der Waals surface area contributed by atoms with Crippen LogP contribution in [0, 0.1) is 5.92 Å². The number of nitrogens with one attached hydrogen (secondary N) is 1. The van der Waals surface area contributed by atoms with Gasteiger partial charge in [-0.15, -0.1) is 5.10 Å². The molecule has 0 aromatic carbocycles. The monoisotopic (exact) mass is 336 g/mol. The van der Waals surface area contributed by atoms with E-state index in [1.165, 1.54) is 6.33 Å². The van der Waals surface area contributed by atoms with E-state index in [0.717, 1.165) is 6.04 Å². The van der Waals surface area contributed by atoms with Crippen molar-refractivity contribution in [1.29, 1.82) is 0 Å². The van der Waals surface area contributed by atoms with Gasteiger partial charge < -0.3 is 10.1 Å². The second-order valence-corrected chi connectivity index (χ2v) is 12.6. The summed E-state index contributed by atoms with van der Waals surface area (Å²) in [7, 11) is -1.11. The minimum absolute atomic E-state index is 0.120. The second kappa shape index (κ2) is 7.13. The lowest BCUT2D eigenvalue weighted by Gasteiger charge is -2.15. The number of aromatic nitrogens is 5. The normalized spacial score (nSPS) is 12.1. The van der Waals surface area contributed by atoms with E-state index >= 15 is 0 Å². The number of carbonyl (C=O) groups excluding carboxylic acids is 1. The van der Waals surface area contributed by atoms with Crippen molar-refractivity contribution in [2.45, 2.75) is 46.3 Å². The maximum absolute atomic E-state index is 11.8. The maximum Gasteiger partial charge on any atom is 0.228 e. The molecule has 0 saturated heterocycles. The Labute approximate surface area is 136 Å². The molecular weight excluding hydrogens is 312 g/mol. The Balaban J connectivity index is 2.07. The van der Waals surface area contributed by atoms with Crippen LogP contribution in [0.3, 0.4) is 0 Å². The highest BCUT2D eigenvalue weighted by atomic mass is 28.3. The molecule has 0 spiro atoms. The summed E-state index contributed by atoms with van der Waals surface area (Å²) in [6, 6.07) is 1.09. The molecule has 126 valence electrons. The van der Waals surface area contributed by atoms with Crippen LogP contribution in [-0.4, -0.2) is 45.5 Å².